The number of carbonyl (C=O) groups is 1. The molecule has 0 atom stereocenters. The van der Waals surface area contributed by atoms with E-state index in [2.05, 4.69) is 10.2 Å². The topological polar surface area (TPSA) is 67.3 Å². The maximum absolute atomic E-state index is 11.4. The first-order valence-electron chi connectivity index (χ1n) is 9.59. The van der Waals surface area contributed by atoms with Gasteiger partial charge >= 0.3 is 5.97 Å². The molecule has 2 aliphatic rings. The van der Waals surface area contributed by atoms with Gasteiger partial charge in [-0.3, -0.25) is 9.69 Å². The summed E-state index contributed by atoms with van der Waals surface area (Å²) in [7, 11) is 1.42. The molecule has 0 amide bonds. The van der Waals surface area contributed by atoms with E-state index in [1.54, 1.807) is 0 Å². The van der Waals surface area contributed by atoms with Crippen LogP contribution in [0.15, 0.2) is 0 Å². The van der Waals surface area contributed by atoms with Gasteiger partial charge in [0.2, 0.25) is 0 Å². The second kappa shape index (κ2) is 7.88. The number of methoxy groups -OCH3 is 1. The number of aryl methyl sites for hydroxylation is 2. The number of nitrogens with one attached hydrogen (secondary N) is 1. The van der Waals surface area contributed by atoms with Gasteiger partial charge in [0.05, 0.1) is 25.5 Å². The molecule has 3 heterocycles. The number of fused-ring (bicyclic) bond motifs is 3. The first kappa shape index (κ1) is 17.7. The number of ether oxygens (including phenoxy) is 1. The summed E-state index contributed by atoms with van der Waals surface area (Å²) in [5, 5.41) is 4.56. The number of likely N-dealkylation sites (tertiary alicyclic amines) is 1. The Bertz CT molecular complexity index is 798. The molecule has 0 bridgehead atoms. The molecular weight excluding hydrogens is 348 g/mol. The highest BCUT2D eigenvalue weighted by Crippen LogP contribution is 2.39. The summed E-state index contributed by atoms with van der Waals surface area (Å²) in [6.07, 6.45) is 7.67. The van der Waals surface area contributed by atoms with Gasteiger partial charge in [-0.1, -0.05) is 6.42 Å². The van der Waals surface area contributed by atoms with Crippen LogP contribution < -0.4 is 5.32 Å². The molecule has 2 aromatic heterocycles. The Morgan fingerprint density at radius 1 is 1.19 bits per heavy atom. The van der Waals surface area contributed by atoms with Gasteiger partial charge in [0.25, 0.3) is 0 Å². The largest absolute Gasteiger partial charge is 0.469 e. The fraction of sp³-hybridized carbons (Fsp3) is 0.632. The van der Waals surface area contributed by atoms with Crippen LogP contribution in [0.1, 0.15) is 48.4 Å². The smallest absolute Gasteiger partial charge is 0.307 e. The Morgan fingerprint density at radius 2 is 2.04 bits per heavy atom. The van der Waals surface area contributed by atoms with E-state index in [0.29, 0.717) is 13.0 Å². The standard InChI is InChI=1S/C19H26N4O2S/c1-25-16(24)8-9-20-18-17-13-6-5-7-14(13)26-19(17)22-15(21-18)12-23-10-3-2-4-11-23/h2-12H2,1H3,(H,20,21,22). The van der Waals surface area contributed by atoms with Crippen molar-refractivity contribution in [3.63, 3.8) is 0 Å². The van der Waals surface area contributed by atoms with E-state index in [4.69, 9.17) is 14.7 Å². The van der Waals surface area contributed by atoms with E-state index in [9.17, 15) is 4.79 Å². The quantitative estimate of drug-likeness (QED) is 0.784. The van der Waals surface area contributed by atoms with Crippen molar-refractivity contribution >= 4 is 33.3 Å². The number of nitrogens with zero attached hydrogens (tertiary/aromatic N) is 3. The van der Waals surface area contributed by atoms with Crippen LogP contribution in [0, 0.1) is 0 Å². The molecule has 1 aliphatic carbocycles. The number of carbonyl (C=O) groups excluding carboxylic acids is 1. The monoisotopic (exact) mass is 374 g/mol. The molecule has 4 rings (SSSR count). The first-order chi connectivity index (χ1) is 12.7. The zero-order valence-electron chi connectivity index (χ0n) is 15.3. The number of thiophene rings is 1. The minimum absolute atomic E-state index is 0.202. The van der Waals surface area contributed by atoms with Gasteiger partial charge in [-0.15, -0.1) is 11.3 Å². The van der Waals surface area contributed by atoms with Gasteiger partial charge in [-0.2, -0.15) is 0 Å². The highest BCUT2D eigenvalue weighted by atomic mass is 32.1. The highest BCUT2D eigenvalue weighted by molar-refractivity contribution is 7.19. The lowest BCUT2D eigenvalue weighted by atomic mass is 10.1. The summed E-state index contributed by atoms with van der Waals surface area (Å²) in [4.78, 5) is 26.2. The van der Waals surface area contributed by atoms with Gasteiger partial charge in [0.1, 0.15) is 16.5 Å². The minimum Gasteiger partial charge on any atom is -0.469 e. The number of hydrogen-bond acceptors (Lipinski definition) is 7. The summed E-state index contributed by atoms with van der Waals surface area (Å²) >= 11 is 1.82. The molecule has 0 spiro atoms. The van der Waals surface area contributed by atoms with Crippen LogP contribution in [0.25, 0.3) is 10.2 Å². The Morgan fingerprint density at radius 3 is 2.85 bits per heavy atom. The van der Waals surface area contributed by atoms with Crippen LogP contribution in [-0.2, 0) is 28.9 Å². The van der Waals surface area contributed by atoms with E-state index < -0.39 is 0 Å². The normalized spacial score (nSPS) is 17.4. The predicted octanol–water partition coefficient (Wildman–Crippen LogP) is 3.14. The minimum atomic E-state index is -0.202. The second-order valence-corrected chi connectivity index (χ2v) is 8.20. The Hall–Kier alpha value is -1.73. The van der Waals surface area contributed by atoms with Crippen molar-refractivity contribution in [2.75, 3.05) is 32.1 Å². The third-order valence-corrected chi connectivity index (χ3v) is 6.46. The molecule has 140 valence electrons. The third kappa shape index (κ3) is 3.69. The third-order valence-electron chi connectivity index (χ3n) is 5.27. The zero-order valence-corrected chi connectivity index (χ0v) is 16.2. The lowest BCUT2D eigenvalue weighted by molar-refractivity contribution is -0.140. The van der Waals surface area contributed by atoms with Crippen LogP contribution in [0.2, 0.25) is 0 Å². The molecule has 0 radical (unpaired) electrons. The maximum atomic E-state index is 11.4. The van der Waals surface area contributed by atoms with Crippen molar-refractivity contribution in [3.8, 4) is 0 Å². The lowest BCUT2D eigenvalue weighted by Crippen LogP contribution is -2.30. The summed E-state index contributed by atoms with van der Waals surface area (Å²) in [6.45, 7) is 3.61. The van der Waals surface area contributed by atoms with Crippen LogP contribution in [0.4, 0.5) is 5.82 Å². The molecular formula is C19H26N4O2S. The fourth-order valence-corrected chi connectivity index (χ4v) is 5.22. The lowest BCUT2D eigenvalue weighted by Gasteiger charge is -2.25. The number of rotatable bonds is 6. The van der Waals surface area contributed by atoms with Crippen molar-refractivity contribution in [3.05, 3.63) is 16.3 Å². The number of aromatic nitrogens is 2. The van der Waals surface area contributed by atoms with Crippen molar-refractivity contribution in [1.29, 1.82) is 0 Å². The van der Waals surface area contributed by atoms with Crippen molar-refractivity contribution in [1.82, 2.24) is 14.9 Å². The van der Waals surface area contributed by atoms with E-state index in [-0.39, 0.29) is 5.97 Å². The predicted molar refractivity (Wildman–Crippen MR) is 104 cm³/mol. The SMILES string of the molecule is COC(=O)CCNc1nc(CN2CCCCC2)nc2sc3c(c12)CCC3. The van der Waals surface area contributed by atoms with Gasteiger partial charge in [0, 0.05) is 11.4 Å². The molecule has 0 unspecified atom stereocenters. The summed E-state index contributed by atoms with van der Waals surface area (Å²) in [5.74, 6) is 1.58. The van der Waals surface area contributed by atoms with Crippen molar-refractivity contribution in [2.24, 2.45) is 0 Å². The highest BCUT2D eigenvalue weighted by Gasteiger charge is 2.23. The average molecular weight is 375 g/mol. The van der Waals surface area contributed by atoms with Crippen LogP contribution in [0.3, 0.4) is 0 Å². The van der Waals surface area contributed by atoms with Crippen molar-refractivity contribution in [2.45, 2.75) is 51.5 Å². The summed E-state index contributed by atoms with van der Waals surface area (Å²) in [5.41, 5.74) is 1.41. The molecule has 26 heavy (non-hydrogen) atoms. The summed E-state index contributed by atoms with van der Waals surface area (Å²) < 4.78 is 4.74. The number of piperidine rings is 1. The molecule has 0 aromatic carbocycles. The molecule has 6 nitrogen and oxygen atoms in total. The molecule has 2 aromatic rings. The maximum Gasteiger partial charge on any atom is 0.307 e. The molecule has 1 saturated heterocycles. The van der Waals surface area contributed by atoms with E-state index in [0.717, 1.165) is 48.9 Å². The van der Waals surface area contributed by atoms with E-state index in [1.165, 1.54) is 48.6 Å². The molecule has 7 heteroatoms. The van der Waals surface area contributed by atoms with Crippen LogP contribution in [-0.4, -0.2) is 47.6 Å². The number of anilines is 1. The number of hydrogen-bond donors (Lipinski definition) is 1. The van der Waals surface area contributed by atoms with E-state index in [1.807, 2.05) is 11.3 Å². The van der Waals surface area contributed by atoms with Gasteiger partial charge < -0.3 is 10.1 Å². The first-order valence-corrected chi connectivity index (χ1v) is 10.4. The number of esters is 1. The summed E-state index contributed by atoms with van der Waals surface area (Å²) in [6, 6.07) is 0. The van der Waals surface area contributed by atoms with Gasteiger partial charge in [-0.05, 0) is 50.8 Å². The second-order valence-electron chi connectivity index (χ2n) is 7.12. The van der Waals surface area contributed by atoms with Gasteiger partial charge in [0.15, 0.2) is 0 Å². The molecule has 0 saturated carbocycles. The molecule has 1 aliphatic heterocycles. The van der Waals surface area contributed by atoms with E-state index >= 15 is 0 Å². The zero-order chi connectivity index (χ0) is 17.9. The van der Waals surface area contributed by atoms with Crippen molar-refractivity contribution < 1.29 is 9.53 Å². The van der Waals surface area contributed by atoms with Gasteiger partial charge in [-0.25, -0.2) is 9.97 Å². The fourth-order valence-electron chi connectivity index (χ4n) is 3.94. The molecule has 1 N–H and O–H groups in total. The Balaban J connectivity index is 1.60. The Labute approximate surface area is 158 Å². The average Bonchev–Trinajstić information content (AvgIpc) is 3.23. The molecule has 1 fully saturated rings. The van der Waals surface area contributed by atoms with Crippen LogP contribution in [0.5, 0.6) is 0 Å². The Kier molecular flexibility index (Phi) is 5.36. The van der Waals surface area contributed by atoms with Crippen LogP contribution >= 0.6 is 11.3 Å².